The van der Waals surface area contributed by atoms with Gasteiger partial charge in [0, 0.05) is 41.4 Å². The molecule has 31 heavy (non-hydrogen) atoms. The van der Waals surface area contributed by atoms with E-state index in [0.717, 1.165) is 36.1 Å². The summed E-state index contributed by atoms with van der Waals surface area (Å²) in [5.41, 5.74) is 0.665. The van der Waals surface area contributed by atoms with Crippen molar-refractivity contribution < 1.29 is 4.74 Å². The Bertz CT molecular complexity index is 1250. The first-order valence-corrected chi connectivity index (χ1v) is 12.3. The number of fused-ring (bicyclic) bond motifs is 1. The van der Waals surface area contributed by atoms with E-state index in [1.807, 2.05) is 5.38 Å². The smallest absolute Gasteiger partial charge is 0.258 e. The summed E-state index contributed by atoms with van der Waals surface area (Å²) in [6, 6.07) is 6.75. The van der Waals surface area contributed by atoms with E-state index < -0.39 is 0 Å². The molecule has 4 rings (SSSR count). The normalized spacial score (nSPS) is 11.3. The fourth-order valence-corrected chi connectivity index (χ4v) is 5.15. The van der Waals surface area contributed by atoms with E-state index in [-0.39, 0.29) is 5.56 Å². The number of aromatic nitrogens is 5. The summed E-state index contributed by atoms with van der Waals surface area (Å²) in [5.74, 6) is 2.07. The molecule has 1 aromatic carbocycles. The Morgan fingerprint density at radius 1 is 1.23 bits per heavy atom. The fourth-order valence-electron chi connectivity index (χ4n) is 3.03. The molecule has 4 aromatic rings. The van der Waals surface area contributed by atoms with Crippen molar-refractivity contribution in [3.8, 4) is 5.75 Å². The summed E-state index contributed by atoms with van der Waals surface area (Å²) >= 11 is 15.0. The maximum atomic E-state index is 12.1. The molecule has 0 spiro atoms. The number of benzene rings is 1. The topological polar surface area (TPSA) is 74.3 Å². The molecule has 0 unspecified atom stereocenters. The summed E-state index contributed by atoms with van der Waals surface area (Å²) < 4.78 is 9.37. The number of hydrogen-bond donors (Lipinski definition) is 0. The van der Waals surface area contributed by atoms with Crippen LogP contribution < -0.4 is 10.3 Å². The average Bonchev–Trinajstić information content (AvgIpc) is 3.37. The second-order valence-electron chi connectivity index (χ2n) is 6.60. The molecular weight excluding hydrogens is 477 g/mol. The van der Waals surface area contributed by atoms with Gasteiger partial charge in [0.1, 0.15) is 11.6 Å². The van der Waals surface area contributed by atoms with Crippen molar-refractivity contribution in [2.45, 2.75) is 37.2 Å². The SMILES string of the molecule is CCn1c(CCCOc2ccc(Cl)cc2Cl)nnc1SCc1cc(=O)n2ccsc2n1. The maximum absolute atomic E-state index is 12.1. The van der Waals surface area contributed by atoms with Crippen LogP contribution in [0.5, 0.6) is 5.75 Å². The Labute approximate surface area is 197 Å². The van der Waals surface area contributed by atoms with Crippen molar-refractivity contribution in [2.24, 2.45) is 0 Å². The quantitative estimate of drug-likeness (QED) is 0.241. The van der Waals surface area contributed by atoms with Gasteiger partial charge in [-0.2, -0.15) is 0 Å². The van der Waals surface area contributed by atoms with Crippen LogP contribution in [0.1, 0.15) is 24.9 Å². The molecular formula is C20H19Cl2N5O2S2. The third kappa shape index (κ3) is 5.23. The second kappa shape index (κ2) is 10.0. The van der Waals surface area contributed by atoms with Gasteiger partial charge in [-0.15, -0.1) is 21.5 Å². The molecule has 0 amide bonds. The Balaban J connectivity index is 1.35. The van der Waals surface area contributed by atoms with Crippen molar-refractivity contribution in [3.63, 3.8) is 0 Å². The van der Waals surface area contributed by atoms with Crippen molar-refractivity contribution >= 4 is 51.3 Å². The lowest BCUT2D eigenvalue weighted by molar-refractivity contribution is 0.309. The third-order valence-electron chi connectivity index (χ3n) is 4.51. The van der Waals surface area contributed by atoms with E-state index in [1.54, 1.807) is 34.9 Å². The van der Waals surface area contributed by atoms with Gasteiger partial charge in [0.25, 0.3) is 5.56 Å². The van der Waals surface area contributed by atoms with Crippen molar-refractivity contribution in [3.05, 3.63) is 67.8 Å². The van der Waals surface area contributed by atoms with Gasteiger partial charge in [-0.3, -0.25) is 9.20 Å². The van der Waals surface area contributed by atoms with Gasteiger partial charge < -0.3 is 9.30 Å². The van der Waals surface area contributed by atoms with Crippen LogP contribution >= 0.6 is 46.3 Å². The van der Waals surface area contributed by atoms with Gasteiger partial charge in [-0.25, -0.2) is 4.98 Å². The van der Waals surface area contributed by atoms with E-state index in [1.165, 1.54) is 23.1 Å². The number of halogens is 2. The highest BCUT2D eigenvalue weighted by atomic mass is 35.5. The molecule has 11 heteroatoms. The Morgan fingerprint density at radius 2 is 2.10 bits per heavy atom. The van der Waals surface area contributed by atoms with E-state index in [9.17, 15) is 4.79 Å². The minimum absolute atomic E-state index is 0.0692. The summed E-state index contributed by atoms with van der Waals surface area (Å²) in [6.07, 6.45) is 3.24. The Kier molecular flexibility index (Phi) is 7.16. The van der Waals surface area contributed by atoms with Crippen molar-refractivity contribution in [2.75, 3.05) is 6.61 Å². The molecule has 162 valence electrons. The lowest BCUT2D eigenvalue weighted by Gasteiger charge is -2.09. The largest absolute Gasteiger partial charge is 0.492 e. The minimum Gasteiger partial charge on any atom is -0.492 e. The molecule has 3 heterocycles. The first-order valence-electron chi connectivity index (χ1n) is 9.63. The van der Waals surface area contributed by atoms with Crippen molar-refractivity contribution in [1.29, 1.82) is 0 Å². The summed E-state index contributed by atoms with van der Waals surface area (Å²) in [6.45, 7) is 3.33. The van der Waals surface area contributed by atoms with Gasteiger partial charge >= 0.3 is 0 Å². The molecule has 0 aliphatic carbocycles. The maximum Gasteiger partial charge on any atom is 0.258 e. The van der Waals surface area contributed by atoms with Gasteiger partial charge in [0.15, 0.2) is 10.1 Å². The third-order valence-corrected chi connectivity index (χ3v) is 6.80. The van der Waals surface area contributed by atoms with Crippen LogP contribution in [0.4, 0.5) is 0 Å². The highest BCUT2D eigenvalue weighted by Gasteiger charge is 2.13. The average molecular weight is 496 g/mol. The summed E-state index contributed by atoms with van der Waals surface area (Å²) in [4.78, 5) is 17.4. The predicted molar refractivity (Wildman–Crippen MR) is 125 cm³/mol. The first-order chi connectivity index (χ1) is 15.0. The number of nitrogens with zero attached hydrogens (tertiary/aromatic N) is 5. The van der Waals surface area contributed by atoms with Crippen LogP contribution in [0.25, 0.3) is 4.96 Å². The van der Waals surface area contributed by atoms with Crippen LogP contribution in [0.15, 0.2) is 45.8 Å². The molecule has 0 aliphatic rings. The lowest BCUT2D eigenvalue weighted by atomic mass is 10.3. The minimum atomic E-state index is -0.0692. The highest BCUT2D eigenvalue weighted by Crippen LogP contribution is 2.27. The van der Waals surface area contributed by atoms with Gasteiger partial charge in [0.05, 0.1) is 17.3 Å². The predicted octanol–water partition coefficient (Wildman–Crippen LogP) is 4.98. The summed E-state index contributed by atoms with van der Waals surface area (Å²) in [5, 5.41) is 12.4. The zero-order chi connectivity index (χ0) is 21.8. The standard InChI is InChI=1S/C20H19Cl2N5O2S2/c1-2-26-17(4-3-8-29-16-6-5-13(21)10-15(16)22)24-25-20(26)31-12-14-11-18(28)27-7-9-30-19(27)23-14/h5-7,9-11H,2-4,8,12H2,1H3. The van der Waals surface area contributed by atoms with Crippen LogP contribution in [0.2, 0.25) is 10.0 Å². The Hall–Kier alpha value is -2.07. The van der Waals surface area contributed by atoms with Gasteiger partial charge in [-0.1, -0.05) is 35.0 Å². The zero-order valence-corrected chi connectivity index (χ0v) is 19.8. The Morgan fingerprint density at radius 3 is 2.90 bits per heavy atom. The van der Waals surface area contributed by atoms with Crippen LogP contribution in [0, 0.1) is 0 Å². The van der Waals surface area contributed by atoms with Crippen LogP contribution in [-0.4, -0.2) is 30.8 Å². The molecule has 0 aliphatic heterocycles. The molecule has 0 saturated heterocycles. The monoisotopic (exact) mass is 495 g/mol. The molecule has 0 bridgehead atoms. The number of thiazole rings is 1. The van der Waals surface area contributed by atoms with E-state index in [2.05, 4.69) is 26.7 Å². The molecule has 0 fully saturated rings. The fraction of sp³-hybridized carbons (Fsp3) is 0.300. The number of thioether (sulfide) groups is 1. The van der Waals surface area contributed by atoms with Gasteiger partial charge in [-0.05, 0) is 31.5 Å². The molecule has 0 saturated carbocycles. The molecule has 7 nitrogen and oxygen atoms in total. The number of rotatable bonds is 9. The van der Waals surface area contributed by atoms with Crippen LogP contribution in [0.3, 0.4) is 0 Å². The highest BCUT2D eigenvalue weighted by molar-refractivity contribution is 7.98. The van der Waals surface area contributed by atoms with Gasteiger partial charge in [0.2, 0.25) is 0 Å². The van der Waals surface area contributed by atoms with Crippen molar-refractivity contribution in [1.82, 2.24) is 24.1 Å². The molecule has 0 atom stereocenters. The number of aryl methyl sites for hydroxylation is 1. The molecule has 0 radical (unpaired) electrons. The zero-order valence-electron chi connectivity index (χ0n) is 16.6. The van der Waals surface area contributed by atoms with E-state index in [0.29, 0.717) is 33.1 Å². The lowest BCUT2D eigenvalue weighted by Crippen LogP contribution is -2.12. The molecule has 0 N–H and O–H groups in total. The van der Waals surface area contributed by atoms with E-state index >= 15 is 0 Å². The van der Waals surface area contributed by atoms with E-state index in [4.69, 9.17) is 27.9 Å². The number of ether oxygens (including phenoxy) is 1. The first kappa shape index (κ1) is 22.1. The summed E-state index contributed by atoms with van der Waals surface area (Å²) in [7, 11) is 0. The second-order valence-corrected chi connectivity index (χ2v) is 9.26. The van der Waals surface area contributed by atoms with Crippen LogP contribution in [-0.2, 0) is 18.7 Å². The number of hydrogen-bond acceptors (Lipinski definition) is 7. The molecule has 3 aromatic heterocycles.